The third kappa shape index (κ3) is 2.43. The number of fused-ring (bicyclic) bond motifs is 1. The number of nitrogens with zero attached hydrogens (tertiary/aromatic N) is 3. The Balaban J connectivity index is 1.41. The molecule has 5 rings (SSSR count). The normalized spacial score (nSPS) is 34.0. The molecule has 5 aliphatic rings. The second-order valence-corrected chi connectivity index (χ2v) is 8.11. The molecule has 0 aromatic carbocycles. The molecule has 0 aromatic heterocycles. The summed E-state index contributed by atoms with van der Waals surface area (Å²) >= 11 is 0. The summed E-state index contributed by atoms with van der Waals surface area (Å²) in [5.74, 6) is -0.536. The van der Waals surface area contributed by atoms with Crippen molar-refractivity contribution in [2.24, 2.45) is 5.41 Å². The van der Waals surface area contributed by atoms with Gasteiger partial charge >= 0.3 is 18.1 Å². The van der Waals surface area contributed by atoms with Crippen LogP contribution in [0.5, 0.6) is 0 Å². The minimum absolute atomic E-state index is 0.157. The topological polar surface area (TPSA) is 96.5 Å². The quantitative estimate of drug-likeness (QED) is 0.401. The van der Waals surface area contributed by atoms with Crippen molar-refractivity contribution >= 4 is 24.0 Å². The Morgan fingerprint density at radius 1 is 1.19 bits per heavy atom. The van der Waals surface area contributed by atoms with Crippen LogP contribution in [0.1, 0.15) is 39.0 Å². The molecule has 2 saturated heterocycles. The molecule has 3 aliphatic carbocycles. The van der Waals surface area contributed by atoms with E-state index >= 15 is 0 Å². The molecule has 9 nitrogen and oxygen atoms in total. The van der Waals surface area contributed by atoms with Gasteiger partial charge in [-0.1, -0.05) is 13.3 Å². The summed E-state index contributed by atoms with van der Waals surface area (Å²) in [7, 11) is 1.36. The molecule has 1 atom stereocenters. The van der Waals surface area contributed by atoms with Crippen LogP contribution in [0.15, 0.2) is 0 Å². The number of methoxy groups -OCH3 is 1. The molecule has 4 amide bonds. The zero-order valence-electron chi connectivity index (χ0n) is 15.7. The summed E-state index contributed by atoms with van der Waals surface area (Å²) in [5.41, 5.74) is -1.07. The van der Waals surface area contributed by atoms with Crippen LogP contribution in [0.2, 0.25) is 0 Å². The molecule has 9 heteroatoms. The molecule has 148 valence electrons. The van der Waals surface area contributed by atoms with Crippen LogP contribution in [0.25, 0.3) is 0 Å². The number of piperazine rings is 1. The first-order valence-electron chi connectivity index (χ1n) is 9.52. The van der Waals surface area contributed by atoms with Gasteiger partial charge in [0.2, 0.25) is 0 Å². The summed E-state index contributed by atoms with van der Waals surface area (Å²) in [5, 5.41) is 0. The largest absolute Gasteiger partial charge is 0.469 e. The molecule has 0 radical (unpaired) electrons. The van der Waals surface area contributed by atoms with Crippen molar-refractivity contribution in [1.82, 2.24) is 14.7 Å². The van der Waals surface area contributed by atoms with E-state index in [-0.39, 0.29) is 24.5 Å². The van der Waals surface area contributed by atoms with Crippen LogP contribution in [-0.2, 0) is 19.1 Å². The van der Waals surface area contributed by atoms with Crippen molar-refractivity contribution in [1.29, 1.82) is 0 Å². The van der Waals surface area contributed by atoms with E-state index in [2.05, 4.69) is 0 Å². The highest BCUT2D eigenvalue weighted by molar-refractivity contribution is 6.06. The molecular weight excluding hydrogens is 354 g/mol. The first-order valence-corrected chi connectivity index (χ1v) is 9.52. The number of carbonyl (C=O) groups is 4. The van der Waals surface area contributed by atoms with E-state index in [1.807, 2.05) is 6.92 Å². The van der Waals surface area contributed by atoms with Gasteiger partial charge in [-0.2, -0.15) is 0 Å². The number of imide groups is 1. The minimum atomic E-state index is -0.659. The van der Waals surface area contributed by atoms with Gasteiger partial charge in [0.25, 0.3) is 5.91 Å². The number of hydrogen-bond donors (Lipinski definition) is 0. The minimum Gasteiger partial charge on any atom is -0.469 e. The third-order valence-corrected chi connectivity index (χ3v) is 6.40. The SMILES string of the molecule is CCCCOC(=O)N1CCN2C(=O)N(C34CC(C(=O)OC)(C3)C4)C(=O)[C@@H]2C1. The van der Waals surface area contributed by atoms with Crippen LogP contribution < -0.4 is 0 Å². The molecule has 0 unspecified atom stereocenters. The van der Waals surface area contributed by atoms with Crippen molar-refractivity contribution in [2.75, 3.05) is 33.4 Å². The van der Waals surface area contributed by atoms with E-state index in [0.29, 0.717) is 39.0 Å². The zero-order valence-corrected chi connectivity index (χ0v) is 15.7. The third-order valence-electron chi connectivity index (χ3n) is 6.40. The zero-order chi connectivity index (χ0) is 19.4. The van der Waals surface area contributed by atoms with E-state index < -0.39 is 23.1 Å². The molecule has 2 heterocycles. The Morgan fingerprint density at radius 2 is 1.89 bits per heavy atom. The van der Waals surface area contributed by atoms with Gasteiger partial charge in [0.1, 0.15) is 6.04 Å². The molecule has 3 saturated carbocycles. The van der Waals surface area contributed by atoms with Crippen LogP contribution in [0, 0.1) is 5.41 Å². The molecular formula is C18H25N3O6. The highest BCUT2D eigenvalue weighted by atomic mass is 16.6. The Hall–Kier alpha value is -2.32. The summed E-state index contributed by atoms with van der Waals surface area (Å²) < 4.78 is 10.1. The first kappa shape index (κ1) is 18.1. The van der Waals surface area contributed by atoms with Crippen molar-refractivity contribution in [3.05, 3.63) is 0 Å². The fourth-order valence-corrected chi connectivity index (χ4v) is 5.00. The Bertz CT molecular complexity index is 687. The highest BCUT2D eigenvalue weighted by Gasteiger charge is 2.78. The van der Waals surface area contributed by atoms with Crippen LogP contribution in [0.4, 0.5) is 9.59 Å². The van der Waals surface area contributed by atoms with E-state index in [1.54, 1.807) is 4.90 Å². The molecule has 2 aliphatic heterocycles. The van der Waals surface area contributed by atoms with Crippen LogP contribution >= 0.6 is 0 Å². The van der Waals surface area contributed by atoms with Gasteiger partial charge in [-0.05, 0) is 25.7 Å². The van der Waals surface area contributed by atoms with Gasteiger partial charge in [-0.3, -0.25) is 14.5 Å². The summed E-state index contributed by atoms with van der Waals surface area (Å²) in [6, 6.07) is -0.963. The fraction of sp³-hybridized carbons (Fsp3) is 0.778. The molecule has 2 bridgehead atoms. The maximum atomic E-state index is 13.0. The number of hydrogen-bond acceptors (Lipinski definition) is 6. The lowest BCUT2D eigenvalue weighted by Gasteiger charge is -2.70. The standard InChI is InChI=1S/C18H25N3O6/c1-3-4-7-27-16(25)19-5-6-20-12(8-19)13(22)21(15(20)24)18-9-17(10-18,11-18)14(23)26-2/h12H,3-11H2,1-2H3/t12-,17?,18?/m0/s1. The maximum Gasteiger partial charge on any atom is 0.409 e. The summed E-state index contributed by atoms with van der Waals surface area (Å²) in [6.45, 7) is 3.20. The van der Waals surface area contributed by atoms with Gasteiger partial charge in [-0.25, -0.2) is 9.59 Å². The molecule has 0 spiro atoms. The van der Waals surface area contributed by atoms with Gasteiger partial charge in [0, 0.05) is 13.1 Å². The van der Waals surface area contributed by atoms with Crippen LogP contribution in [-0.4, -0.2) is 83.6 Å². The predicted molar refractivity (Wildman–Crippen MR) is 91.6 cm³/mol. The molecule has 27 heavy (non-hydrogen) atoms. The number of carbonyl (C=O) groups excluding carboxylic acids is 4. The summed E-state index contributed by atoms with van der Waals surface area (Å²) in [4.78, 5) is 54.2. The number of ether oxygens (including phenoxy) is 2. The van der Waals surface area contributed by atoms with Gasteiger partial charge in [0.15, 0.2) is 0 Å². The monoisotopic (exact) mass is 379 g/mol. The van der Waals surface area contributed by atoms with E-state index in [0.717, 1.165) is 12.8 Å². The van der Waals surface area contributed by atoms with Crippen molar-refractivity contribution in [3.63, 3.8) is 0 Å². The highest BCUT2D eigenvalue weighted by Crippen LogP contribution is 2.71. The Morgan fingerprint density at radius 3 is 2.52 bits per heavy atom. The predicted octanol–water partition coefficient (Wildman–Crippen LogP) is 0.967. The molecule has 0 N–H and O–H groups in total. The van der Waals surface area contributed by atoms with Crippen LogP contribution in [0.3, 0.4) is 0 Å². The van der Waals surface area contributed by atoms with Gasteiger partial charge < -0.3 is 19.3 Å². The van der Waals surface area contributed by atoms with Crippen molar-refractivity contribution in [3.8, 4) is 0 Å². The molecule has 5 fully saturated rings. The maximum absolute atomic E-state index is 13.0. The lowest BCUT2D eigenvalue weighted by Crippen LogP contribution is -2.78. The number of rotatable bonds is 5. The molecule has 0 aromatic rings. The number of urea groups is 1. The van der Waals surface area contributed by atoms with E-state index in [9.17, 15) is 19.2 Å². The smallest absolute Gasteiger partial charge is 0.409 e. The van der Waals surface area contributed by atoms with E-state index in [1.165, 1.54) is 16.9 Å². The average molecular weight is 379 g/mol. The Labute approximate surface area is 157 Å². The van der Waals surface area contributed by atoms with E-state index in [4.69, 9.17) is 9.47 Å². The first-order chi connectivity index (χ1) is 12.9. The second-order valence-electron chi connectivity index (χ2n) is 8.11. The average Bonchev–Trinajstić information content (AvgIpc) is 2.84. The summed E-state index contributed by atoms with van der Waals surface area (Å²) in [6.07, 6.45) is 2.73. The number of esters is 1. The Kier molecular flexibility index (Phi) is 4.08. The second kappa shape index (κ2) is 6.10. The van der Waals surface area contributed by atoms with Crippen molar-refractivity contribution < 1.29 is 28.7 Å². The number of amides is 4. The van der Waals surface area contributed by atoms with Crippen molar-refractivity contribution in [2.45, 2.75) is 50.6 Å². The van der Waals surface area contributed by atoms with Gasteiger partial charge in [0.05, 0.1) is 31.2 Å². The fourth-order valence-electron chi connectivity index (χ4n) is 5.00. The lowest BCUT2D eigenvalue weighted by atomic mass is 9.38. The number of unbranched alkanes of at least 4 members (excludes halogenated alkanes) is 1. The lowest BCUT2D eigenvalue weighted by molar-refractivity contribution is -0.222. The van der Waals surface area contributed by atoms with Gasteiger partial charge in [-0.15, -0.1) is 0 Å².